The molecule has 2 rings (SSSR count). The molecule has 1 aliphatic rings. The van der Waals surface area contributed by atoms with E-state index in [1.54, 1.807) is 7.11 Å². The Hall–Kier alpha value is -1.27. The van der Waals surface area contributed by atoms with Gasteiger partial charge in [0, 0.05) is 7.11 Å². The number of methoxy groups -OCH3 is 1. The van der Waals surface area contributed by atoms with Gasteiger partial charge in [-0.3, -0.25) is 4.79 Å². The molecule has 0 bridgehead atoms. The average Bonchev–Trinajstić information content (AvgIpc) is 2.69. The summed E-state index contributed by atoms with van der Waals surface area (Å²) < 4.78 is 35.4. The van der Waals surface area contributed by atoms with Crippen LogP contribution in [-0.2, 0) is 18.8 Å². The first-order valence-corrected chi connectivity index (χ1v) is 10.6. The van der Waals surface area contributed by atoms with Crippen molar-refractivity contribution in [3.8, 4) is 5.75 Å². The van der Waals surface area contributed by atoms with Crippen molar-refractivity contribution in [3.05, 3.63) is 30.1 Å². The third kappa shape index (κ3) is 8.52. The Morgan fingerprint density at radius 2 is 1.96 bits per heavy atom. The van der Waals surface area contributed by atoms with Crippen molar-refractivity contribution >= 4 is 14.5 Å². The highest BCUT2D eigenvalue weighted by Crippen LogP contribution is 2.35. The molecule has 1 saturated carbocycles. The number of nitrogens with one attached hydrogen (secondary N) is 1. The zero-order chi connectivity index (χ0) is 19.5. The van der Waals surface area contributed by atoms with Gasteiger partial charge in [-0.05, 0) is 56.4 Å². The zero-order valence-corrected chi connectivity index (χ0v) is 16.9. The first-order chi connectivity index (χ1) is 13.1. The van der Waals surface area contributed by atoms with E-state index in [2.05, 4.69) is 5.09 Å². The average molecular weight is 401 g/mol. The van der Waals surface area contributed by atoms with Crippen LogP contribution in [0.1, 0.15) is 45.4 Å². The first-order valence-electron chi connectivity index (χ1n) is 9.43. The maximum Gasteiger partial charge on any atom is 0.320 e. The van der Waals surface area contributed by atoms with Gasteiger partial charge in [0.15, 0.2) is 0 Å². The molecule has 0 spiro atoms. The monoisotopic (exact) mass is 401 g/mol. The first kappa shape index (κ1) is 22.0. The van der Waals surface area contributed by atoms with Crippen LogP contribution in [0, 0.1) is 5.82 Å². The van der Waals surface area contributed by atoms with E-state index < -0.39 is 8.53 Å². The van der Waals surface area contributed by atoms with E-state index in [1.165, 1.54) is 30.7 Å². The molecule has 27 heavy (non-hydrogen) atoms. The maximum atomic E-state index is 13.1. The molecular weight excluding hydrogens is 372 g/mol. The van der Waals surface area contributed by atoms with Gasteiger partial charge in [-0.25, -0.2) is 9.48 Å². The standard InChI is InChI=1S/C19H29FNO5P/c1-3-16(23-2)14-24-27(26-18-11-9-15(20)10-12-18)21-13-19(22)25-17-7-5-4-6-8-17/h9-12,16-17,21H,3-8,13-14H2,1-2H3. The number of hydrogen-bond acceptors (Lipinski definition) is 6. The highest BCUT2D eigenvalue weighted by molar-refractivity contribution is 7.45. The molecule has 0 amide bonds. The van der Waals surface area contributed by atoms with Crippen LogP contribution in [0.5, 0.6) is 5.75 Å². The van der Waals surface area contributed by atoms with Crippen LogP contribution in [0.15, 0.2) is 24.3 Å². The van der Waals surface area contributed by atoms with Crippen LogP contribution in [-0.4, -0.2) is 38.4 Å². The van der Waals surface area contributed by atoms with E-state index in [0.717, 1.165) is 32.1 Å². The van der Waals surface area contributed by atoms with E-state index in [-0.39, 0.29) is 30.5 Å². The van der Waals surface area contributed by atoms with Gasteiger partial charge in [-0.1, -0.05) is 13.3 Å². The van der Waals surface area contributed by atoms with Gasteiger partial charge in [0.25, 0.3) is 0 Å². The van der Waals surface area contributed by atoms with Crippen LogP contribution >= 0.6 is 8.53 Å². The molecular formula is C19H29FNO5P. The number of esters is 1. The highest BCUT2D eigenvalue weighted by atomic mass is 31.2. The summed E-state index contributed by atoms with van der Waals surface area (Å²) in [6, 6.07) is 5.65. The maximum absolute atomic E-state index is 13.1. The van der Waals surface area contributed by atoms with Gasteiger partial charge in [0.2, 0.25) is 0 Å². The Balaban J connectivity index is 1.85. The molecule has 1 fully saturated rings. The number of carbonyl (C=O) groups excluding carboxylic acids is 1. The van der Waals surface area contributed by atoms with Crippen LogP contribution < -0.4 is 9.61 Å². The molecule has 0 heterocycles. The van der Waals surface area contributed by atoms with E-state index in [0.29, 0.717) is 12.4 Å². The van der Waals surface area contributed by atoms with Gasteiger partial charge < -0.3 is 18.5 Å². The minimum atomic E-state index is -1.60. The fourth-order valence-electron chi connectivity index (χ4n) is 2.74. The van der Waals surface area contributed by atoms with Crippen LogP contribution in [0.2, 0.25) is 0 Å². The number of halogens is 1. The summed E-state index contributed by atoms with van der Waals surface area (Å²) in [5, 5.41) is 2.97. The van der Waals surface area contributed by atoms with E-state index in [4.69, 9.17) is 18.5 Å². The minimum Gasteiger partial charge on any atom is -0.461 e. The Morgan fingerprint density at radius 3 is 2.59 bits per heavy atom. The van der Waals surface area contributed by atoms with Crippen molar-refractivity contribution in [2.24, 2.45) is 0 Å². The molecule has 0 aromatic heterocycles. The molecule has 1 aromatic carbocycles. The lowest BCUT2D eigenvalue weighted by Gasteiger charge is -2.23. The van der Waals surface area contributed by atoms with Crippen LogP contribution in [0.4, 0.5) is 4.39 Å². The summed E-state index contributed by atoms with van der Waals surface area (Å²) in [5.41, 5.74) is 0. The van der Waals surface area contributed by atoms with Gasteiger partial charge in [-0.15, -0.1) is 0 Å². The SMILES string of the molecule is CCC(COP(NCC(=O)OC1CCCCC1)Oc1ccc(F)cc1)OC. The number of hydrogen-bond donors (Lipinski definition) is 1. The summed E-state index contributed by atoms with van der Waals surface area (Å²) in [4.78, 5) is 12.1. The van der Waals surface area contributed by atoms with Crippen molar-refractivity contribution in [1.29, 1.82) is 0 Å². The largest absolute Gasteiger partial charge is 0.461 e. The Labute approximate surface area is 161 Å². The summed E-state index contributed by atoms with van der Waals surface area (Å²) in [6.45, 7) is 2.31. The Bertz CT molecular complexity index is 550. The minimum absolute atomic E-state index is 0.00677. The van der Waals surface area contributed by atoms with E-state index in [1.807, 2.05) is 6.92 Å². The van der Waals surface area contributed by atoms with Gasteiger partial charge in [-0.2, -0.15) is 0 Å². The van der Waals surface area contributed by atoms with Gasteiger partial charge in [0.05, 0.1) is 12.7 Å². The van der Waals surface area contributed by atoms with Crippen LogP contribution in [0.25, 0.3) is 0 Å². The highest BCUT2D eigenvalue weighted by Gasteiger charge is 2.21. The Morgan fingerprint density at radius 1 is 1.26 bits per heavy atom. The number of carbonyl (C=O) groups is 1. The zero-order valence-electron chi connectivity index (χ0n) is 16.0. The predicted octanol–water partition coefficient (Wildman–Crippen LogP) is 4.34. The molecule has 1 aliphatic carbocycles. The van der Waals surface area contributed by atoms with Crippen molar-refractivity contribution in [1.82, 2.24) is 5.09 Å². The smallest absolute Gasteiger partial charge is 0.320 e. The number of benzene rings is 1. The summed E-state index contributed by atoms with van der Waals surface area (Å²) in [7, 11) is 0.0212. The quantitative estimate of drug-likeness (QED) is 0.440. The summed E-state index contributed by atoms with van der Waals surface area (Å²) in [6.07, 6.45) is 5.99. The normalized spacial score (nSPS) is 17.3. The topological polar surface area (TPSA) is 66.0 Å². The second-order valence-electron chi connectivity index (χ2n) is 6.45. The number of ether oxygens (including phenoxy) is 2. The van der Waals surface area contributed by atoms with Crippen molar-refractivity contribution in [2.75, 3.05) is 20.3 Å². The molecule has 1 N–H and O–H groups in total. The second-order valence-corrected chi connectivity index (χ2v) is 7.72. The van der Waals surface area contributed by atoms with Crippen molar-refractivity contribution < 1.29 is 27.7 Å². The lowest BCUT2D eigenvalue weighted by molar-refractivity contribution is -0.149. The molecule has 2 unspecified atom stereocenters. The molecule has 1 aromatic rings. The van der Waals surface area contributed by atoms with Crippen molar-refractivity contribution in [3.63, 3.8) is 0 Å². The van der Waals surface area contributed by atoms with Crippen LogP contribution in [0.3, 0.4) is 0 Å². The molecule has 2 atom stereocenters. The fourth-order valence-corrected chi connectivity index (χ4v) is 3.82. The molecule has 0 saturated heterocycles. The Kier molecular flexibility index (Phi) is 9.98. The van der Waals surface area contributed by atoms with Gasteiger partial charge in [0.1, 0.15) is 24.2 Å². The third-order valence-electron chi connectivity index (χ3n) is 4.37. The number of rotatable bonds is 11. The molecule has 6 nitrogen and oxygen atoms in total. The fraction of sp³-hybridized carbons (Fsp3) is 0.632. The predicted molar refractivity (Wildman–Crippen MR) is 102 cm³/mol. The molecule has 8 heteroatoms. The van der Waals surface area contributed by atoms with E-state index >= 15 is 0 Å². The summed E-state index contributed by atoms with van der Waals surface area (Å²) >= 11 is 0. The van der Waals surface area contributed by atoms with Gasteiger partial charge >= 0.3 is 14.5 Å². The second kappa shape index (κ2) is 12.2. The summed E-state index contributed by atoms with van der Waals surface area (Å²) in [5.74, 6) is -0.206. The molecule has 152 valence electrons. The van der Waals surface area contributed by atoms with Crippen molar-refractivity contribution in [2.45, 2.75) is 57.7 Å². The lowest BCUT2D eigenvalue weighted by Crippen LogP contribution is -2.29. The molecule has 0 aliphatic heterocycles. The molecule has 0 radical (unpaired) electrons. The lowest BCUT2D eigenvalue weighted by atomic mass is 9.98. The van der Waals surface area contributed by atoms with E-state index in [9.17, 15) is 9.18 Å². The third-order valence-corrected chi connectivity index (χ3v) is 5.55.